The summed E-state index contributed by atoms with van der Waals surface area (Å²) >= 11 is 0. The average molecular weight is 409 g/mol. The average Bonchev–Trinajstić information content (AvgIpc) is 3.39. The summed E-state index contributed by atoms with van der Waals surface area (Å²) in [6.45, 7) is 0.445. The van der Waals surface area contributed by atoms with Crippen molar-refractivity contribution >= 4 is 22.6 Å². The van der Waals surface area contributed by atoms with Crippen LogP contribution in [0.4, 0.5) is 13.2 Å². The standard InChI is InChI=1S/C21H14F3N5O/c22-21(23,24)15-3-6-17-18(10-15)27-19-14(7-8-28(19)20(17)30)9-13-1-4-16(5-2-13)29-12-25-11-26-29/h1-6,9-12H,7-8H2/b14-9+. The maximum absolute atomic E-state index is 13.1. The van der Waals surface area contributed by atoms with Crippen LogP contribution in [0.25, 0.3) is 28.2 Å². The van der Waals surface area contributed by atoms with Crippen molar-refractivity contribution < 1.29 is 13.2 Å². The molecule has 0 amide bonds. The molecule has 150 valence electrons. The minimum absolute atomic E-state index is 0.0513. The molecule has 0 N–H and O–H groups in total. The molecule has 0 saturated carbocycles. The largest absolute Gasteiger partial charge is 0.416 e. The first kappa shape index (κ1) is 18.3. The molecular weight excluding hydrogens is 395 g/mol. The Labute approximate surface area is 167 Å². The van der Waals surface area contributed by atoms with E-state index in [4.69, 9.17) is 0 Å². The van der Waals surface area contributed by atoms with Crippen LogP contribution in [0.1, 0.15) is 23.4 Å². The van der Waals surface area contributed by atoms with Crippen LogP contribution in [-0.2, 0) is 12.7 Å². The van der Waals surface area contributed by atoms with Gasteiger partial charge in [0.25, 0.3) is 5.56 Å². The summed E-state index contributed by atoms with van der Waals surface area (Å²) in [6, 6.07) is 10.6. The normalized spacial score (nSPS) is 15.1. The van der Waals surface area contributed by atoms with E-state index in [-0.39, 0.29) is 16.5 Å². The van der Waals surface area contributed by atoms with Crippen molar-refractivity contribution in [3.63, 3.8) is 0 Å². The predicted octanol–water partition coefficient (Wildman–Crippen LogP) is 3.94. The highest BCUT2D eigenvalue weighted by molar-refractivity contribution is 5.85. The monoisotopic (exact) mass is 409 g/mol. The molecule has 1 aliphatic heterocycles. The number of hydrogen-bond donors (Lipinski definition) is 0. The minimum atomic E-state index is -4.49. The highest BCUT2D eigenvalue weighted by Crippen LogP contribution is 2.32. The molecule has 5 rings (SSSR count). The molecule has 0 aliphatic carbocycles. The van der Waals surface area contributed by atoms with E-state index in [1.54, 1.807) is 11.0 Å². The molecule has 1 aliphatic rings. The van der Waals surface area contributed by atoms with E-state index in [0.717, 1.165) is 29.0 Å². The summed E-state index contributed by atoms with van der Waals surface area (Å²) in [4.78, 5) is 21.1. The Morgan fingerprint density at radius 1 is 1.07 bits per heavy atom. The molecule has 0 atom stereocenters. The van der Waals surface area contributed by atoms with Crippen molar-refractivity contribution in [2.75, 3.05) is 0 Å². The Morgan fingerprint density at radius 3 is 2.57 bits per heavy atom. The second-order valence-corrected chi connectivity index (χ2v) is 6.97. The van der Waals surface area contributed by atoms with E-state index >= 15 is 0 Å². The van der Waals surface area contributed by atoms with E-state index in [2.05, 4.69) is 15.1 Å². The fourth-order valence-corrected chi connectivity index (χ4v) is 3.60. The lowest BCUT2D eigenvalue weighted by atomic mass is 10.1. The van der Waals surface area contributed by atoms with Crippen LogP contribution in [-0.4, -0.2) is 24.3 Å². The third-order valence-corrected chi connectivity index (χ3v) is 5.09. The van der Waals surface area contributed by atoms with Gasteiger partial charge in [-0.2, -0.15) is 18.3 Å². The van der Waals surface area contributed by atoms with Gasteiger partial charge in [0, 0.05) is 6.54 Å². The molecule has 0 spiro atoms. The number of hydrogen-bond acceptors (Lipinski definition) is 4. The zero-order valence-corrected chi connectivity index (χ0v) is 15.5. The Balaban J connectivity index is 1.56. The maximum atomic E-state index is 13.1. The number of halogens is 3. The lowest BCUT2D eigenvalue weighted by molar-refractivity contribution is -0.137. The van der Waals surface area contributed by atoms with E-state index in [1.165, 1.54) is 17.0 Å². The van der Waals surface area contributed by atoms with E-state index in [1.807, 2.05) is 30.3 Å². The first-order valence-corrected chi connectivity index (χ1v) is 9.18. The van der Waals surface area contributed by atoms with Gasteiger partial charge in [0.1, 0.15) is 18.5 Å². The number of nitrogens with zero attached hydrogens (tertiary/aromatic N) is 5. The van der Waals surface area contributed by atoms with Crippen molar-refractivity contribution in [3.8, 4) is 5.69 Å². The number of benzene rings is 2. The van der Waals surface area contributed by atoms with Gasteiger partial charge in [0.05, 0.1) is 22.2 Å². The first-order valence-electron chi connectivity index (χ1n) is 9.18. The lowest BCUT2D eigenvalue weighted by Gasteiger charge is -2.09. The van der Waals surface area contributed by atoms with Gasteiger partial charge in [0.15, 0.2) is 0 Å². The molecule has 0 unspecified atom stereocenters. The predicted molar refractivity (Wildman–Crippen MR) is 105 cm³/mol. The van der Waals surface area contributed by atoms with Crippen LogP contribution in [0.3, 0.4) is 0 Å². The summed E-state index contributed by atoms with van der Waals surface area (Å²) < 4.78 is 42.3. The maximum Gasteiger partial charge on any atom is 0.416 e. The quantitative estimate of drug-likeness (QED) is 0.503. The van der Waals surface area contributed by atoms with Crippen molar-refractivity contribution in [1.29, 1.82) is 0 Å². The second kappa shape index (κ2) is 6.65. The summed E-state index contributed by atoms with van der Waals surface area (Å²) in [6.07, 6.45) is 1.03. The Bertz CT molecular complexity index is 1340. The topological polar surface area (TPSA) is 65.6 Å². The number of rotatable bonds is 2. The molecule has 2 aromatic carbocycles. The molecule has 0 bridgehead atoms. The van der Waals surface area contributed by atoms with Gasteiger partial charge in [-0.05, 0) is 54.0 Å². The summed E-state index contributed by atoms with van der Waals surface area (Å²) in [5.74, 6) is 0.409. The molecular formula is C21H14F3N5O. The zero-order chi connectivity index (χ0) is 20.9. The minimum Gasteiger partial charge on any atom is -0.292 e. The van der Waals surface area contributed by atoms with Gasteiger partial charge >= 0.3 is 6.18 Å². The fraction of sp³-hybridized carbons (Fsp3) is 0.143. The summed E-state index contributed by atoms with van der Waals surface area (Å²) in [5, 5.41) is 4.26. The molecule has 4 aromatic rings. The van der Waals surface area contributed by atoms with Gasteiger partial charge in [0.2, 0.25) is 0 Å². The molecule has 2 aromatic heterocycles. The van der Waals surface area contributed by atoms with Crippen LogP contribution in [0.2, 0.25) is 0 Å². The van der Waals surface area contributed by atoms with Gasteiger partial charge < -0.3 is 0 Å². The summed E-state index contributed by atoms with van der Waals surface area (Å²) in [5.41, 5.74) is 1.45. The third-order valence-electron chi connectivity index (χ3n) is 5.09. The van der Waals surface area contributed by atoms with Gasteiger partial charge in [-0.25, -0.2) is 14.6 Å². The smallest absolute Gasteiger partial charge is 0.292 e. The molecule has 9 heteroatoms. The van der Waals surface area contributed by atoms with Crippen LogP contribution in [0.5, 0.6) is 0 Å². The van der Waals surface area contributed by atoms with Crippen molar-refractivity contribution in [2.24, 2.45) is 0 Å². The molecule has 3 heterocycles. The van der Waals surface area contributed by atoms with Crippen molar-refractivity contribution in [2.45, 2.75) is 19.1 Å². The third kappa shape index (κ3) is 3.08. The Kier molecular flexibility index (Phi) is 4.05. The highest BCUT2D eigenvalue weighted by Gasteiger charge is 2.31. The van der Waals surface area contributed by atoms with Crippen molar-refractivity contribution in [3.05, 3.63) is 82.4 Å². The first-order chi connectivity index (χ1) is 14.4. The van der Waals surface area contributed by atoms with E-state index in [0.29, 0.717) is 18.8 Å². The van der Waals surface area contributed by atoms with Gasteiger partial charge in [-0.1, -0.05) is 12.1 Å². The summed E-state index contributed by atoms with van der Waals surface area (Å²) in [7, 11) is 0. The van der Waals surface area contributed by atoms with Crippen LogP contribution < -0.4 is 5.56 Å². The van der Waals surface area contributed by atoms with E-state index < -0.39 is 11.7 Å². The van der Waals surface area contributed by atoms with Crippen LogP contribution in [0.15, 0.2) is 59.9 Å². The van der Waals surface area contributed by atoms with E-state index in [9.17, 15) is 18.0 Å². The Morgan fingerprint density at radius 2 is 1.87 bits per heavy atom. The number of aromatic nitrogens is 5. The lowest BCUT2D eigenvalue weighted by Crippen LogP contribution is -2.21. The molecule has 0 radical (unpaired) electrons. The van der Waals surface area contributed by atoms with Crippen LogP contribution >= 0.6 is 0 Å². The molecule has 30 heavy (non-hydrogen) atoms. The molecule has 0 saturated heterocycles. The number of alkyl halides is 3. The van der Waals surface area contributed by atoms with Gasteiger partial charge in [-0.15, -0.1) is 0 Å². The van der Waals surface area contributed by atoms with Gasteiger partial charge in [-0.3, -0.25) is 9.36 Å². The fourth-order valence-electron chi connectivity index (χ4n) is 3.60. The number of allylic oxidation sites excluding steroid dienone is 1. The Hall–Kier alpha value is -3.75. The van der Waals surface area contributed by atoms with Crippen LogP contribution in [0, 0.1) is 0 Å². The molecule has 0 fully saturated rings. The SMILES string of the molecule is O=c1c2ccc(C(F)(F)F)cc2nc2n1CC/C2=C\c1ccc(-n2cncn2)cc1. The highest BCUT2D eigenvalue weighted by atomic mass is 19.4. The second-order valence-electron chi connectivity index (χ2n) is 6.97. The van der Waals surface area contributed by atoms with Crippen molar-refractivity contribution in [1.82, 2.24) is 24.3 Å². The number of fused-ring (bicyclic) bond motifs is 2. The molecule has 6 nitrogen and oxygen atoms in total. The zero-order valence-electron chi connectivity index (χ0n) is 15.5.